The van der Waals surface area contributed by atoms with Gasteiger partial charge in [0, 0.05) is 5.56 Å². The lowest BCUT2D eigenvalue weighted by atomic mass is 10.1. The average molecular weight is 245 g/mol. The van der Waals surface area contributed by atoms with Crippen LogP contribution in [0, 0.1) is 18.8 Å². The van der Waals surface area contributed by atoms with Crippen LogP contribution in [-0.4, -0.2) is 11.1 Å². The summed E-state index contributed by atoms with van der Waals surface area (Å²) in [6, 6.07) is 5.98. The highest BCUT2D eigenvalue weighted by atomic mass is 16.5. The molecule has 1 aromatic carbocycles. The van der Waals surface area contributed by atoms with Crippen LogP contribution in [-0.2, 0) is 0 Å². The summed E-state index contributed by atoms with van der Waals surface area (Å²) >= 11 is 0. The van der Waals surface area contributed by atoms with E-state index in [2.05, 4.69) is 11.8 Å². The van der Waals surface area contributed by atoms with Crippen LogP contribution in [0.15, 0.2) is 18.2 Å². The van der Waals surface area contributed by atoms with Gasteiger partial charge in [-0.3, -0.25) is 0 Å². The third kappa shape index (κ3) is 5.25. The van der Waals surface area contributed by atoms with Gasteiger partial charge in [0.15, 0.2) is 0 Å². The number of hydrogen-bond donors (Lipinski definition) is 1. The first-order chi connectivity index (χ1) is 8.07. The summed E-state index contributed by atoms with van der Waals surface area (Å²) in [5.74, 6) is 6.98. The van der Waals surface area contributed by atoms with Crippen LogP contribution in [0.4, 0.5) is 0 Å². The third-order valence-electron chi connectivity index (χ3n) is 2.13. The van der Waals surface area contributed by atoms with Crippen molar-refractivity contribution in [1.29, 1.82) is 0 Å². The van der Waals surface area contributed by atoms with Gasteiger partial charge in [0.1, 0.15) is 11.4 Å². The van der Waals surface area contributed by atoms with Crippen molar-refractivity contribution in [2.24, 2.45) is 5.73 Å². The Kier molecular flexibility index (Phi) is 4.09. The third-order valence-corrected chi connectivity index (χ3v) is 2.13. The predicted octanol–water partition coefficient (Wildman–Crippen LogP) is 3.26. The van der Waals surface area contributed by atoms with Crippen LogP contribution in [0.5, 0.6) is 5.75 Å². The molecule has 0 bridgehead atoms. The van der Waals surface area contributed by atoms with Gasteiger partial charge in [-0.15, -0.1) is 0 Å². The molecule has 0 fully saturated rings. The van der Waals surface area contributed by atoms with E-state index < -0.39 is 5.54 Å². The van der Waals surface area contributed by atoms with Gasteiger partial charge in [0.25, 0.3) is 0 Å². The Morgan fingerprint density at radius 1 is 1.11 bits per heavy atom. The Labute approximate surface area is 111 Å². The number of aryl methyl sites for hydroxylation is 1. The molecule has 18 heavy (non-hydrogen) atoms. The fourth-order valence-electron chi connectivity index (χ4n) is 1.35. The maximum Gasteiger partial charge on any atom is 0.124 e. The topological polar surface area (TPSA) is 35.2 Å². The normalized spacial score (nSPS) is 11.7. The van der Waals surface area contributed by atoms with Crippen LogP contribution in [0.1, 0.15) is 45.7 Å². The summed E-state index contributed by atoms with van der Waals surface area (Å²) in [6.07, 6.45) is 0. The van der Waals surface area contributed by atoms with Crippen molar-refractivity contribution in [2.75, 3.05) is 0 Å². The summed E-state index contributed by atoms with van der Waals surface area (Å²) < 4.78 is 5.91. The summed E-state index contributed by atoms with van der Waals surface area (Å²) in [5.41, 5.74) is 7.21. The van der Waals surface area contributed by atoms with E-state index >= 15 is 0 Å². The fraction of sp³-hybridized carbons (Fsp3) is 0.500. The Bertz CT molecular complexity index is 479. The monoisotopic (exact) mass is 245 g/mol. The molecular weight excluding hydrogens is 222 g/mol. The van der Waals surface area contributed by atoms with Crippen LogP contribution >= 0.6 is 0 Å². The van der Waals surface area contributed by atoms with Crippen molar-refractivity contribution in [1.82, 2.24) is 0 Å². The number of nitrogens with two attached hydrogens (primary N) is 1. The molecule has 0 aliphatic heterocycles. The van der Waals surface area contributed by atoms with E-state index in [4.69, 9.17) is 10.5 Å². The zero-order chi connectivity index (χ0) is 14.0. The minimum Gasteiger partial charge on any atom is -0.488 e. The Balaban J connectivity index is 3.04. The SMILES string of the molecule is Cc1ccc(C#CC(C)(C)N)cc1OC(C)(C)C. The predicted molar refractivity (Wildman–Crippen MR) is 76.7 cm³/mol. The van der Waals surface area contributed by atoms with Crippen molar-refractivity contribution < 1.29 is 4.74 Å². The second-order valence-corrected chi connectivity index (χ2v) is 6.17. The van der Waals surface area contributed by atoms with Crippen molar-refractivity contribution in [3.63, 3.8) is 0 Å². The van der Waals surface area contributed by atoms with E-state index in [9.17, 15) is 0 Å². The molecule has 0 aliphatic rings. The Morgan fingerprint density at radius 3 is 2.22 bits per heavy atom. The van der Waals surface area contributed by atoms with E-state index in [-0.39, 0.29) is 5.60 Å². The highest BCUT2D eigenvalue weighted by Gasteiger charge is 2.13. The first kappa shape index (κ1) is 14.6. The molecule has 0 amide bonds. The van der Waals surface area contributed by atoms with Crippen LogP contribution in [0.3, 0.4) is 0 Å². The van der Waals surface area contributed by atoms with Crippen LogP contribution < -0.4 is 10.5 Å². The highest BCUT2D eigenvalue weighted by molar-refractivity contribution is 5.45. The molecule has 2 nitrogen and oxygen atoms in total. The van der Waals surface area contributed by atoms with Gasteiger partial charge >= 0.3 is 0 Å². The van der Waals surface area contributed by atoms with Gasteiger partial charge in [-0.2, -0.15) is 0 Å². The van der Waals surface area contributed by atoms with Crippen LogP contribution in [0.25, 0.3) is 0 Å². The fourth-order valence-corrected chi connectivity index (χ4v) is 1.35. The molecule has 1 rings (SSSR count). The zero-order valence-corrected chi connectivity index (χ0v) is 12.2. The van der Waals surface area contributed by atoms with Gasteiger partial charge < -0.3 is 10.5 Å². The molecule has 0 spiro atoms. The summed E-state index contributed by atoms with van der Waals surface area (Å²) in [4.78, 5) is 0. The first-order valence-corrected chi connectivity index (χ1v) is 6.18. The number of hydrogen-bond acceptors (Lipinski definition) is 2. The minimum atomic E-state index is -0.476. The molecule has 98 valence electrons. The molecule has 0 radical (unpaired) electrons. The van der Waals surface area contributed by atoms with Gasteiger partial charge in [0.2, 0.25) is 0 Å². The quantitative estimate of drug-likeness (QED) is 0.771. The summed E-state index contributed by atoms with van der Waals surface area (Å²) in [6.45, 7) is 11.9. The molecule has 0 saturated carbocycles. The van der Waals surface area contributed by atoms with Crippen molar-refractivity contribution >= 4 is 0 Å². The smallest absolute Gasteiger partial charge is 0.124 e. The molecule has 0 saturated heterocycles. The molecule has 0 atom stereocenters. The number of benzene rings is 1. The van der Waals surface area contributed by atoms with Crippen molar-refractivity contribution in [3.8, 4) is 17.6 Å². The largest absolute Gasteiger partial charge is 0.488 e. The maximum absolute atomic E-state index is 5.91. The van der Waals surface area contributed by atoms with E-state index in [0.29, 0.717) is 0 Å². The average Bonchev–Trinajstić information content (AvgIpc) is 2.16. The van der Waals surface area contributed by atoms with E-state index in [1.165, 1.54) is 0 Å². The van der Waals surface area contributed by atoms with Gasteiger partial charge in [-0.1, -0.05) is 17.9 Å². The minimum absolute atomic E-state index is 0.204. The van der Waals surface area contributed by atoms with Gasteiger partial charge in [-0.25, -0.2) is 0 Å². The van der Waals surface area contributed by atoms with Crippen LogP contribution in [0.2, 0.25) is 0 Å². The molecule has 0 heterocycles. The Hall–Kier alpha value is -1.46. The van der Waals surface area contributed by atoms with E-state index in [1.807, 2.05) is 59.7 Å². The lowest BCUT2D eigenvalue weighted by molar-refractivity contribution is 0.130. The maximum atomic E-state index is 5.91. The zero-order valence-electron chi connectivity index (χ0n) is 12.2. The van der Waals surface area contributed by atoms with Gasteiger partial charge in [0.05, 0.1) is 5.54 Å². The van der Waals surface area contributed by atoms with Crippen molar-refractivity contribution in [2.45, 2.75) is 52.7 Å². The second kappa shape index (κ2) is 5.04. The Morgan fingerprint density at radius 2 is 1.72 bits per heavy atom. The lowest BCUT2D eigenvalue weighted by Gasteiger charge is -2.22. The summed E-state index contributed by atoms with van der Waals surface area (Å²) in [7, 11) is 0. The van der Waals surface area contributed by atoms with E-state index in [1.54, 1.807) is 0 Å². The number of ether oxygens (including phenoxy) is 1. The summed E-state index contributed by atoms with van der Waals surface area (Å²) in [5, 5.41) is 0. The molecule has 2 N–H and O–H groups in total. The molecular formula is C16H23NO. The first-order valence-electron chi connectivity index (χ1n) is 6.18. The molecule has 2 heteroatoms. The lowest BCUT2D eigenvalue weighted by Crippen LogP contribution is -2.29. The molecule has 0 aromatic heterocycles. The van der Waals surface area contributed by atoms with Crippen molar-refractivity contribution in [3.05, 3.63) is 29.3 Å². The standard InChI is InChI=1S/C16H23NO/c1-12-7-8-13(9-10-16(5,6)17)11-14(12)18-15(2,3)4/h7-8,11H,17H2,1-6H3. The number of rotatable bonds is 1. The highest BCUT2D eigenvalue weighted by Crippen LogP contribution is 2.23. The van der Waals surface area contributed by atoms with E-state index in [0.717, 1.165) is 16.9 Å². The molecule has 1 aromatic rings. The second-order valence-electron chi connectivity index (χ2n) is 6.17. The molecule has 0 unspecified atom stereocenters. The van der Waals surface area contributed by atoms with Gasteiger partial charge in [-0.05, 0) is 59.2 Å². The molecule has 0 aliphatic carbocycles.